The topological polar surface area (TPSA) is 156 Å². The Morgan fingerprint density at radius 1 is 0.982 bits per heavy atom. The predicted molar refractivity (Wildman–Crippen MR) is 220 cm³/mol. The molecule has 308 valence electrons. The number of hydrogen-bond donors (Lipinski definition) is 1. The lowest BCUT2D eigenvalue weighted by molar-refractivity contribution is -0.684. The van der Waals surface area contributed by atoms with Crippen molar-refractivity contribution in [1.82, 2.24) is 5.06 Å². The number of nitrogens with zero attached hydrogens (tertiary/aromatic N) is 4. The fourth-order valence-corrected chi connectivity index (χ4v) is 8.96. The van der Waals surface area contributed by atoms with Crippen LogP contribution >= 0.6 is 15.9 Å². The molecule has 3 aliphatic heterocycles. The standard InChI is InChI=1S/C42H53BrN4O9S/c1-7-21-45-28-30(43)26-33-40(45)44-34(41(33,3)19-23-54-5)14-10-8-11-15-35-42(4,20-24-55-6)32-27-31(57(51,52)53)25-29(2)39(32)46(35)22-13-9-12-16-38(50)56-47-36(48)17-18-37(47)49/h8,10-11,14-15,25-28H,7,9,12-13,16-24H2,1-6H3/p+1. The smallest absolute Gasteiger partial charge is 0.333 e. The first-order valence-corrected chi connectivity index (χ1v) is 21.6. The lowest BCUT2D eigenvalue weighted by Gasteiger charge is -2.30. The summed E-state index contributed by atoms with van der Waals surface area (Å²) in [6.45, 7) is 10.6. The van der Waals surface area contributed by atoms with Crippen LogP contribution in [0.4, 0.5) is 11.5 Å². The van der Waals surface area contributed by atoms with Gasteiger partial charge in [0.15, 0.2) is 5.71 Å². The van der Waals surface area contributed by atoms with Gasteiger partial charge >= 0.3 is 11.8 Å². The highest BCUT2D eigenvalue weighted by molar-refractivity contribution is 9.10. The quantitative estimate of drug-likeness (QED) is 0.0510. The largest absolute Gasteiger partial charge is 0.385 e. The van der Waals surface area contributed by atoms with E-state index in [0.29, 0.717) is 56.1 Å². The molecule has 2 amide bonds. The van der Waals surface area contributed by atoms with Crippen LogP contribution in [0.5, 0.6) is 0 Å². The lowest BCUT2D eigenvalue weighted by atomic mass is 9.77. The van der Waals surface area contributed by atoms with Gasteiger partial charge in [-0.1, -0.05) is 31.6 Å². The zero-order valence-electron chi connectivity index (χ0n) is 33.7. The van der Waals surface area contributed by atoms with Gasteiger partial charge in [0.2, 0.25) is 0 Å². The summed E-state index contributed by atoms with van der Waals surface area (Å²) in [7, 11) is -1.15. The summed E-state index contributed by atoms with van der Waals surface area (Å²) in [4.78, 5) is 48.3. The number of halogens is 1. The number of benzene rings is 1. The second-order valence-electron chi connectivity index (χ2n) is 15.2. The van der Waals surface area contributed by atoms with Gasteiger partial charge in [-0.05, 0) is 115 Å². The van der Waals surface area contributed by atoms with Crippen molar-refractivity contribution in [2.75, 3.05) is 38.9 Å². The van der Waals surface area contributed by atoms with E-state index < -0.39 is 33.3 Å². The van der Waals surface area contributed by atoms with E-state index in [4.69, 9.17) is 19.3 Å². The number of anilines is 1. The fourth-order valence-electron chi connectivity index (χ4n) is 7.90. The van der Waals surface area contributed by atoms with Crippen LogP contribution in [-0.4, -0.2) is 75.5 Å². The van der Waals surface area contributed by atoms with Gasteiger partial charge in [0, 0.05) is 70.0 Å². The molecule has 1 saturated heterocycles. The monoisotopic (exact) mass is 869 g/mol. The van der Waals surface area contributed by atoms with E-state index >= 15 is 0 Å². The molecule has 3 aliphatic rings. The molecular formula is C42H54BrN4O9S+. The zero-order valence-corrected chi connectivity index (χ0v) is 36.1. The van der Waals surface area contributed by atoms with E-state index in [9.17, 15) is 27.4 Å². The van der Waals surface area contributed by atoms with Crippen molar-refractivity contribution in [3.05, 3.63) is 81.6 Å². The van der Waals surface area contributed by atoms with E-state index in [2.05, 4.69) is 58.4 Å². The number of fused-ring (bicyclic) bond motifs is 2. The van der Waals surface area contributed by atoms with Crippen molar-refractivity contribution >= 4 is 61.0 Å². The summed E-state index contributed by atoms with van der Waals surface area (Å²) < 4.78 is 49.1. The molecule has 2 unspecified atom stereocenters. The number of rotatable bonds is 19. The average molecular weight is 871 g/mol. The van der Waals surface area contributed by atoms with Gasteiger partial charge in [0.1, 0.15) is 6.20 Å². The summed E-state index contributed by atoms with van der Waals surface area (Å²) in [5, 5.41) is 0.565. The van der Waals surface area contributed by atoms with Crippen LogP contribution in [0.25, 0.3) is 0 Å². The average Bonchev–Trinajstić information content (AvgIpc) is 3.71. The second kappa shape index (κ2) is 18.7. The fraction of sp³-hybridized carbons (Fsp3) is 0.500. The summed E-state index contributed by atoms with van der Waals surface area (Å²) in [5.74, 6) is -0.711. The number of aromatic nitrogens is 1. The number of carbonyl (C=O) groups is 3. The first kappa shape index (κ1) is 44.1. The van der Waals surface area contributed by atoms with Crippen LogP contribution in [0.3, 0.4) is 0 Å². The van der Waals surface area contributed by atoms with E-state index in [-0.39, 0.29) is 29.6 Å². The van der Waals surface area contributed by atoms with Crippen LogP contribution in [0.1, 0.15) is 95.2 Å². The molecule has 0 bridgehead atoms. The molecule has 0 aliphatic carbocycles. The molecule has 1 aromatic heterocycles. The molecule has 1 fully saturated rings. The van der Waals surface area contributed by atoms with Crippen LogP contribution in [0.2, 0.25) is 0 Å². The Morgan fingerprint density at radius 2 is 1.67 bits per heavy atom. The predicted octanol–water partition coefficient (Wildman–Crippen LogP) is 7.06. The molecule has 1 aromatic carbocycles. The molecule has 2 atom stereocenters. The summed E-state index contributed by atoms with van der Waals surface area (Å²) >= 11 is 3.70. The van der Waals surface area contributed by atoms with Crippen molar-refractivity contribution < 1.29 is 46.2 Å². The van der Waals surface area contributed by atoms with Crippen molar-refractivity contribution in [2.24, 2.45) is 4.99 Å². The number of unbranched alkanes of at least 4 members (excludes halogenated alkanes) is 2. The van der Waals surface area contributed by atoms with E-state index in [1.165, 1.54) is 6.07 Å². The van der Waals surface area contributed by atoms with Gasteiger partial charge in [-0.15, -0.1) is 5.06 Å². The third kappa shape index (κ3) is 9.65. The molecule has 0 spiro atoms. The van der Waals surface area contributed by atoms with Gasteiger partial charge < -0.3 is 19.2 Å². The molecular weight excluding hydrogens is 816 g/mol. The molecule has 5 rings (SSSR count). The first-order valence-electron chi connectivity index (χ1n) is 19.4. The minimum Gasteiger partial charge on any atom is -0.385 e. The number of amides is 2. The van der Waals surface area contributed by atoms with Crippen LogP contribution in [-0.2, 0) is 56.2 Å². The van der Waals surface area contributed by atoms with Gasteiger partial charge in [0.25, 0.3) is 21.9 Å². The lowest BCUT2D eigenvalue weighted by Crippen LogP contribution is -2.36. The molecule has 1 N–H and O–H groups in total. The normalized spacial score (nSPS) is 21.4. The maximum absolute atomic E-state index is 12.4. The van der Waals surface area contributed by atoms with Crippen molar-refractivity contribution in [3.8, 4) is 0 Å². The van der Waals surface area contributed by atoms with Gasteiger partial charge in [0.05, 0.1) is 26.9 Å². The Kier molecular flexibility index (Phi) is 14.5. The third-order valence-corrected chi connectivity index (χ3v) is 12.3. The second-order valence-corrected chi connectivity index (χ2v) is 17.5. The van der Waals surface area contributed by atoms with Crippen LogP contribution < -0.4 is 9.47 Å². The van der Waals surface area contributed by atoms with Gasteiger partial charge in [-0.25, -0.2) is 9.36 Å². The number of hydroxylamine groups is 2. The number of allylic oxidation sites excluding steroid dienone is 6. The molecule has 13 nitrogen and oxygen atoms in total. The number of pyridine rings is 1. The van der Waals surface area contributed by atoms with Gasteiger partial charge in [-0.2, -0.15) is 8.42 Å². The Balaban J connectivity index is 1.42. The highest BCUT2D eigenvalue weighted by Crippen LogP contribution is 2.52. The van der Waals surface area contributed by atoms with E-state index in [1.807, 2.05) is 37.3 Å². The molecule has 57 heavy (non-hydrogen) atoms. The number of methoxy groups -OCH3 is 2. The summed E-state index contributed by atoms with van der Waals surface area (Å²) in [6, 6.07) is 5.19. The number of aryl methyl sites for hydroxylation is 2. The highest BCUT2D eigenvalue weighted by atomic mass is 79.9. The maximum atomic E-state index is 12.4. The minimum absolute atomic E-state index is 0.0367. The Labute approximate surface area is 344 Å². The third-order valence-electron chi connectivity index (χ3n) is 11.0. The molecule has 0 radical (unpaired) electrons. The van der Waals surface area contributed by atoms with E-state index in [1.54, 1.807) is 20.3 Å². The van der Waals surface area contributed by atoms with Crippen molar-refractivity contribution in [3.63, 3.8) is 0 Å². The Bertz CT molecular complexity index is 2100. The molecule has 2 aromatic rings. The maximum Gasteiger partial charge on any atom is 0.333 e. The number of ether oxygens (including phenoxy) is 2. The first-order chi connectivity index (χ1) is 27.1. The van der Waals surface area contributed by atoms with Crippen molar-refractivity contribution in [1.29, 1.82) is 0 Å². The van der Waals surface area contributed by atoms with E-state index in [0.717, 1.165) is 57.9 Å². The van der Waals surface area contributed by atoms with Crippen LogP contribution in [0.15, 0.2) is 74.8 Å². The Morgan fingerprint density at radius 3 is 2.32 bits per heavy atom. The molecule has 4 heterocycles. The van der Waals surface area contributed by atoms with Gasteiger partial charge in [-0.3, -0.25) is 14.1 Å². The molecule has 0 saturated carbocycles. The highest BCUT2D eigenvalue weighted by Gasteiger charge is 2.46. The SMILES string of the molecule is CCC[n+]1cc(Br)cc2c1N=C(/C=C/C=C/C=C1/N(CCCCCC(=O)ON3C(=O)CCC3=O)c3c(C)cc(S(=O)(=O)O)cc3C1(C)CCOC)C2(C)CCOC. The summed E-state index contributed by atoms with van der Waals surface area (Å²) in [6.07, 6.45) is 16.2. The van der Waals surface area contributed by atoms with Crippen molar-refractivity contribution in [2.45, 2.75) is 108 Å². The summed E-state index contributed by atoms with van der Waals surface area (Å²) in [5.41, 5.74) is 4.30. The number of imide groups is 1. The van der Waals surface area contributed by atoms with Crippen LogP contribution in [0, 0.1) is 6.92 Å². The molecule has 15 heteroatoms. The number of aliphatic imine (C=N–C) groups is 1. The number of hydrogen-bond acceptors (Lipinski definition) is 10. The minimum atomic E-state index is -4.48. The zero-order chi connectivity index (χ0) is 41.5. The number of carbonyl (C=O) groups excluding carboxylic acids is 3. The Hall–Kier alpha value is -4.02.